The monoisotopic (exact) mass is 376 g/mol. The van der Waals surface area contributed by atoms with Crippen LogP contribution in [0.1, 0.15) is 32.5 Å². The predicted molar refractivity (Wildman–Crippen MR) is 105 cm³/mol. The minimum absolute atomic E-state index is 0.254. The molecule has 0 bridgehead atoms. The summed E-state index contributed by atoms with van der Waals surface area (Å²) in [5, 5.41) is 14.6. The zero-order valence-corrected chi connectivity index (χ0v) is 16.1. The zero-order chi connectivity index (χ0) is 19.3. The quantitative estimate of drug-likeness (QED) is 0.358. The Kier molecular flexibility index (Phi) is 9.09. The van der Waals surface area contributed by atoms with Gasteiger partial charge in [0.25, 0.3) is 0 Å². The molecule has 0 radical (unpaired) electrons. The van der Waals surface area contributed by atoms with Gasteiger partial charge in [0.05, 0.1) is 6.61 Å². The summed E-state index contributed by atoms with van der Waals surface area (Å²) in [6.45, 7) is 7.79. The van der Waals surface area contributed by atoms with Gasteiger partial charge in [-0.05, 0) is 44.0 Å². The van der Waals surface area contributed by atoms with Crippen molar-refractivity contribution in [2.75, 3.05) is 26.2 Å². The maximum absolute atomic E-state index is 12.8. The fourth-order valence-corrected chi connectivity index (χ4v) is 2.50. The molecular formula is C19H29FN6O. The Hall–Kier alpha value is -2.64. The highest BCUT2D eigenvalue weighted by Crippen LogP contribution is 2.11. The Morgan fingerprint density at radius 3 is 2.74 bits per heavy atom. The lowest BCUT2D eigenvalue weighted by Gasteiger charge is -2.12. The van der Waals surface area contributed by atoms with Gasteiger partial charge in [-0.3, -0.25) is 4.99 Å². The number of rotatable bonds is 11. The average Bonchev–Trinajstić information content (AvgIpc) is 3.13. The molecule has 27 heavy (non-hydrogen) atoms. The van der Waals surface area contributed by atoms with E-state index in [0.717, 1.165) is 57.2 Å². The second-order valence-corrected chi connectivity index (χ2v) is 5.99. The highest BCUT2D eigenvalue weighted by Gasteiger charge is 2.02. The summed E-state index contributed by atoms with van der Waals surface area (Å²) in [5.74, 6) is 2.23. The van der Waals surface area contributed by atoms with E-state index in [1.54, 1.807) is 18.5 Å². The maximum atomic E-state index is 12.8. The van der Waals surface area contributed by atoms with Gasteiger partial charge in [0, 0.05) is 32.6 Å². The van der Waals surface area contributed by atoms with Crippen LogP contribution in [0.25, 0.3) is 0 Å². The van der Waals surface area contributed by atoms with Gasteiger partial charge >= 0.3 is 0 Å². The molecule has 0 amide bonds. The number of unbranched alkanes of at least 4 members (excludes halogenated alkanes) is 1. The van der Waals surface area contributed by atoms with Crippen LogP contribution < -0.4 is 15.4 Å². The van der Waals surface area contributed by atoms with E-state index in [2.05, 4.69) is 32.7 Å². The van der Waals surface area contributed by atoms with Crippen molar-refractivity contribution in [1.82, 2.24) is 25.4 Å². The number of aliphatic imine (C=N–C) groups is 1. The normalized spacial score (nSPS) is 11.4. The van der Waals surface area contributed by atoms with Gasteiger partial charge in [0.1, 0.15) is 23.7 Å². The molecule has 7 nitrogen and oxygen atoms in total. The summed E-state index contributed by atoms with van der Waals surface area (Å²) >= 11 is 0. The Balaban J connectivity index is 1.64. The van der Waals surface area contributed by atoms with Crippen molar-refractivity contribution < 1.29 is 9.13 Å². The Bertz CT molecular complexity index is 686. The van der Waals surface area contributed by atoms with Gasteiger partial charge in [-0.1, -0.05) is 6.92 Å². The van der Waals surface area contributed by atoms with E-state index in [4.69, 9.17) is 4.74 Å². The molecule has 0 unspecified atom stereocenters. The molecule has 148 valence electrons. The van der Waals surface area contributed by atoms with Crippen LogP contribution in [0.4, 0.5) is 4.39 Å². The number of hydrogen-bond acceptors (Lipinski definition) is 4. The van der Waals surface area contributed by atoms with E-state index in [0.29, 0.717) is 12.4 Å². The Labute approximate surface area is 160 Å². The van der Waals surface area contributed by atoms with Crippen molar-refractivity contribution in [2.24, 2.45) is 4.99 Å². The molecule has 1 aromatic carbocycles. The molecular weight excluding hydrogens is 347 g/mol. The highest BCUT2D eigenvalue weighted by molar-refractivity contribution is 5.79. The van der Waals surface area contributed by atoms with Crippen LogP contribution in [0.15, 0.2) is 35.6 Å². The van der Waals surface area contributed by atoms with Crippen LogP contribution in [0.2, 0.25) is 0 Å². The Morgan fingerprint density at radius 1 is 1.19 bits per heavy atom. The zero-order valence-electron chi connectivity index (χ0n) is 16.1. The first-order valence-electron chi connectivity index (χ1n) is 9.50. The number of aryl methyl sites for hydroxylation is 1. The summed E-state index contributed by atoms with van der Waals surface area (Å²) in [6.07, 6.45) is 4.43. The van der Waals surface area contributed by atoms with Crippen molar-refractivity contribution >= 4 is 5.96 Å². The molecule has 0 saturated heterocycles. The van der Waals surface area contributed by atoms with Crippen LogP contribution in [0.5, 0.6) is 5.75 Å². The minimum Gasteiger partial charge on any atom is -0.494 e. The SMILES string of the molecule is CCNC(=NCCCCOc1ccc(F)cc1)NCCn1cnnc1CC. The van der Waals surface area contributed by atoms with Crippen LogP contribution in [0.3, 0.4) is 0 Å². The van der Waals surface area contributed by atoms with Gasteiger partial charge in [-0.25, -0.2) is 4.39 Å². The lowest BCUT2D eigenvalue weighted by atomic mass is 10.3. The van der Waals surface area contributed by atoms with Crippen molar-refractivity contribution in [2.45, 2.75) is 39.7 Å². The molecule has 0 aliphatic carbocycles. The molecule has 0 atom stereocenters. The smallest absolute Gasteiger partial charge is 0.191 e. The molecule has 0 saturated carbocycles. The van der Waals surface area contributed by atoms with E-state index in [9.17, 15) is 4.39 Å². The predicted octanol–water partition coefficient (Wildman–Crippen LogP) is 2.39. The maximum Gasteiger partial charge on any atom is 0.191 e. The third kappa shape index (κ3) is 7.64. The number of halogens is 1. The van der Waals surface area contributed by atoms with Gasteiger partial charge in [-0.15, -0.1) is 10.2 Å². The second kappa shape index (κ2) is 11.9. The van der Waals surface area contributed by atoms with Gasteiger partial charge in [0.15, 0.2) is 5.96 Å². The topological polar surface area (TPSA) is 76.4 Å². The number of nitrogens with zero attached hydrogens (tertiary/aromatic N) is 4. The molecule has 8 heteroatoms. The summed E-state index contributed by atoms with van der Waals surface area (Å²) in [4.78, 5) is 4.58. The highest BCUT2D eigenvalue weighted by atomic mass is 19.1. The summed E-state index contributed by atoms with van der Waals surface area (Å²) < 4.78 is 20.5. The lowest BCUT2D eigenvalue weighted by Crippen LogP contribution is -2.39. The summed E-state index contributed by atoms with van der Waals surface area (Å²) in [7, 11) is 0. The van der Waals surface area contributed by atoms with E-state index in [-0.39, 0.29) is 5.82 Å². The largest absolute Gasteiger partial charge is 0.494 e. The van der Waals surface area contributed by atoms with Crippen LogP contribution >= 0.6 is 0 Å². The lowest BCUT2D eigenvalue weighted by molar-refractivity contribution is 0.307. The van der Waals surface area contributed by atoms with Crippen LogP contribution in [0, 0.1) is 5.82 Å². The fourth-order valence-electron chi connectivity index (χ4n) is 2.50. The standard InChI is InChI=1S/C19H29FN6O/c1-3-18-25-24-15-26(18)13-12-23-19(21-4-2)22-11-5-6-14-27-17-9-7-16(20)8-10-17/h7-10,15H,3-6,11-14H2,1-2H3,(H2,21,22,23). The van der Waals surface area contributed by atoms with Crippen molar-refractivity contribution in [3.8, 4) is 5.75 Å². The molecule has 0 aliphatic heterocycles. The minimum atomic E-state index is -0.254. The molecule has 0 aliphatic rings. The van der Waals surface area contributed by atoms with Crippen molar-refractivity contribution in [3.05, 3.63) is 42.2 Å². The fraction of sp³-hybridized carbons (Fsp3) is 0.526. The van der Waals surface area contributed by atoms with E-state index in [1.807, 2.05) is 11.5 Å². The van der Waals surface area contributed by atoms with Crippen LogP contribution in [-0.4, -0.2) is 47.0 Å². The number of hydrogen-bond donors (Lipinski definition) is 2. The van der Waals surface area contributed by atoms with E-state index >= 15 is 0 Å². The number of nitrogens with one attached hydrogen (secondary N) is 2. The van der Waals surface area contributed by atoms with Gasteiger partial charge < -0.3 is 19.9 Å². The molecule has 1 aromatic heterocycles. The average molecular weight is 376 g/mol. The van der Waals surface area contributed by atoms with Gasteiger partial charge in [-0.2, -0.15) is 0 Å². The molecule has 0 fully saturated rings. The number of aromatic nitrogens is 3. The third-order valence-electron chi connectivity index (χ3n) is 3.91. The van der Waals surface area contributed by atoms with E-state index in [1.165, 1.54) is 12.1 Å². The van der Waals surface area contributed by atoms with Gasteiger partial charge in [0.2, 0.25) is 0 Å². The third-order valence-corrected chi connectivity index (χ3v) is 3.91. The first-order chi connectivity index (χ1) is 13.2. The first kappa shape index (κ1) is 20.7. The molecule has 2 rings (SSSR count). The molecule has 0 spiro atoms. The number of ether oxygens (including phenoxy) is 1. The summed E-state index contributed by atoms with van der Waals surface area (Å²) in [5.41, 5.74) is 0. The summed E-state index contributed by atoms with van der Waals surface area (Å²) in [6, 6.07) is 6.08. The molecule has 2 N–H and O–H groups in total. The van der Waals surface area contributed by atoms with E-state index < -0.39 is 0 Å². The number of guanidine groups is 1. The number of benzene rings is 1. The first-order valence-corrected chi connectivity index (χ1v) is 9.50. The molecule has 2 aromatic rings. The van der Waals surface area contributed by atoms with Crippen LogP contribution in [-0.2, 0) is 13.0 Å². The van der Waals surface area contributed by atoms with Crippen molar-refractivity contribution in [1.29, 1.82) is 0 Å². The molecule has 1 heterocycles. The Morgan fingerprint density at radius 2 is 2.00 bits per heavy atom. The second-order valence-electron chi connectivity index (χ2n) is 5.99. The van der Waals surface area contributed by atoms with Crippen molar-refractivity contribution in [3.63, 3.8) is 0 Å².